The molecule has 0 bridgehead atoms. The number of hydrogen-bond donors (Lipinski definition) is 0. The van der Waals surface area contributed by atoms with Gasteiger partial charge in [0.1, 0.15) is 0 Å². The molecule has 0 aliphatic heterocycles. The van der Waals surface area contributed by atoms with Gasteiger partial charge in [0.05, 0.1) is 0 Å². The van der Waals surface area contributed by atoms with Crippen LogP contribution >= 0.6 is 0 Å². The van der Waals surface area contributed by atoms with Gasteiger partial charge in [-0.25, -0.2) is 0 Å². The van der Waals surface area contributed by atoms with E-state index in [0.29, 0.717) is 0 Å². The molecular formula is C12H15Hf-3. The molecule has 0 radical (unpaired) electrons. The summed E-state index contributed by atoms with van der Waals surface area (Å²) in [5, 5.41) is 2.69. The maximum absolute atomic E-state index is 2.20. The number of hydrogen-bond acceptors (Lipinski definition) is 0. The van der Waals surface area contributed by atoms with Crippen molar-refractivity contribution in [3.8, 4) is 0 Å². The molecule has 2 aromatic carbocycles. The third kappa shape index (κ3) is 3.15. The van der Waals surface area contributed by atoms with Crippen LogP contribution in [0.5, 0.6) is 0 Å². The number of fused-ring (bicyclic) bond motifs is 1. The third-order valence-corrected chi connectivity index (χ3v) is 1.79. The van der Waals surface area contributed by atoms with Gasteiger partial charge in [0.25, 0.3) is 0 Å². The van der Waals surface area contributed by atoms with Crippen LogP contribution in [-0.4, -0.2) is 0 Å². The Morgan fingerprint density at radius 2 is 1.77 bits per heavy atom. The van der Waals surface area contributed by atoms with Crippen molar-refractivity contribution in [2.24, 2.45) is 0 Å². The molecule has 0 aliphatic carbocycles. The second-order valence-electron chi connectivity index (χ2n) is 2.66. The SMILES string of the molecule is Cc1ccc2[cH-]ccc2c1.[CH3-].[CH3-].[Hf]. The van der Waals surface area contributed by atoms with Crippen LogP contribution in [0.1, 0.15) is 5.56 Å². The van der Waals surface area contributed by atoms with E-state index < -0.39 is 0 Å². The first kappa shape index (κ1) is 15.2. The van der Waals surface area contributed by atoms with E-state index in [2.05, 4.69) is 43.3 Å². The van der Waals surface area contributed by atoms with Crippen LogP contribution in [0.2, 0.25) is 0 Å². The van der Waals surface area contributed by atoms with Crippen molar-refractivity contribution >= 4 is 10.8 Å². The van der Waals surface area contributed by atoms with Gasteiger partial charge >= 0.3 is 0 Å². The van der Waals surface area contributed by atoms with Crippen LogP contribution in [0.4, 0.5) is 0 Å². The second kappa shape index (κ2) is 6.20. The first-order chi connectivity index (χ1) is 4.86. The van der Waals surface area contributed by atoms with Crippen LogP contribution in [0.25, 0.3) is 10.8 Å². The molecule has 0 saturated heterocycles. The smallest absolute Gasteiger partial charge is 0 e. The summed E-state index contributed by atoms with van der Waals surface area (Å²) in [4.78, 5) is 0. The Bertz CT molecular complexity index is 347. The Morgan fingerprint density at radius 1 is 1.08 bits per heavy atom. The summed E-state index contributed by atoms with van der Waals surface area (Å²) in [7, 11) is 0. The molecule has 2 rings (SSSR count). The summed E-state index contributed by atoms with van der Waals surface area (Å²) >= 11 is 0. The summed E-state index contributed by atoms with van der Waals surface area (Å²) in [6.45, 7) is 2.12. The fourth-order valence-corrected chi connectivity index (χ4v) is 1.25. The molecule has 13 heavy (non-hydrogen) atoms. The van der Waals surface area contributed by atoms with Gasteiger partial charge < -0.3 is 14.9 Å². The van der Waals surface area contributed by atoms with Gasteiger partial charge in [-0.1, -0.05) is 5.56 Å². The predicted molar refractivity (Wildman–Crippen MR) is 57.1 cm³/mol. The van der Waals surface area contributed by atoms with Crippen molar-refractivity contribution in [3.63, 3.8) is 0 Å². The van der Waals surface area contributed by atoms with Crippen molar-refractivity contribution in [1.29, 1.82) is 0 Å². The van der Waals surface area contributed by atoms with E-state index in [1.807, 2.05) is 0 Å². The minimum absolute atomic E-state index is 0. The van der Waals surface area contributed by atoms with Gasteiger partial charge in [0.15, 0.2) is 0 Å². The largest absolute Gasteiger partial charge is 0.358 e. The molecule has 2 aromatic rings. The summed E-state index contributed by atoms with van der Waals surface area (Å²) < 4.78 is 0. The monoisotopic (exact) mass is 339 g/mol. The zero-order valence-corrected chi connectivity index (χ0v) is 12.1. The molecule has 0 heterocycles. The minimum Gasteiger partial charge on any atom is -0.358 e. The van der Waals surface area contributed by atoms with E-state index >= 15 is 0 Å². The first-order valence-corrected chi connectivity index (χ1v) is 3.48. The van der Waals surface area contributed by atoms with Crippen LogP contribution in [0, 0.1) is 21.8 Å². The molecule has 1 heteroatoms. The Balaban J connectivity index is 0. The van der Waals surface area contributed by atoms with E-state index in [1.54, 1.807) is 0 Å². The van der Waals surface area contributed by atoms with Crippen molar-refractivity contribution in [2.45, 2.75) is 6.92 Å². The summed E-state index contributed by atoms with van der Waals surface area (Å²) in [6.07, 6.45) is 0. The molecule has 0 amide bonds. The van der Waals surface area contributed by atoms with E-state index in [4.69, 9.17) is 0 Å². The fourth-order valence-electron chi connectivity index (χ4n) is 1.25. The van der Waals surface area contributed by atoms with Crippen LogP contribution in [-0.2, 0) is 25.8 Å². The Hall–Kier alpha value is -0.300. The van der Waals surface area contributed by atoms with Gasteiger partial charge in [0, 0.05) is 25.8 Å². The molecule has 0 fully saturated rings. The van der Waals surface area contributed by atoms with E-state index in [1.165, 1.54) is 16.3 Å². The molecule has 0 saturated carbocycles. The van der Waals surface area contributed by atoms with Gasteiger partial charge in [-0.3, -0.25) is 0 Å². The van der Waals surface area contributed by atoms with Gasteiger partial charge in [-0.15, -0.1) is 29.7 Å². The molecule has 0 nitrogen and oxygen atoms in total. The van der Waals surface area contributed by atoms with Crippen LogP contribution in [0.15, 0.2) is 36.4 Å². The predicted octanol–water partition coefficient (Wildman–Crippen LogP) is 3.77. The second-order valence-corrected chi connectivity index (χ2v) is 2.66. The standard InChI is InChI=1S/C10H9.2CH3.Hf/c1-8-5-6-9-3-2-4-10(9)7-8;;;/h2-7H,1H3;2*1H3;/q3*-1;. The maximum Gasteiger partial charge on any atom is 0 e. The summed E-state index contributed by atoms with van der Waals surface area (Å²) in [6, 6.07) is 12.9. The summed E-state index contributed by atoms with van der Waals surface area (Å²) in [5.74, 6) is 0. The van der Waals surface area contributed by atoms with Gasteiger partial charge in [0.2, 0.25) is 0 Å². The molecule has 0 unspecified atom stereocenters. The molecule has 0 N–H and O–H groups in total. The van der Waals surface area contributed by atoms with E-state index in [-0.39, 0.29) is 40.7 Å². The molecule has 70 valence electrons. The maximum atomic E-state index is 2.20. The normalized spacial score (nSPS) is 8.08. The molecule has 0 aromatic heterocycles. The Labute approximate surface area is 100 Å². The average molecular weight is 338 g/mol. The number of aryl methyl sites for hydroxylation is 1. The number of benzene rings is 1. The summed E-state index contributed by atoms with van der Waals surface area (Å²) in [5.41, 5.74) is 1.33. The molecule has 0 atom stereocenters. The van der Waals surface area contributed by atoms with Crippen molar-refractivity contribution < 1.29 is 25.8 Å². The zero-order chi connectivity index (χ0) is 6.97. The van der Waals surface area contributed by atoms with Crippen molar-refractivity contribution in [2.75, 3.05) is 0 Å². The fraction of sp³-hybridized carbons (Fsp3) is 0.0833. The van der Waals surface area contributed by atoms with E-state index in [0.717, 1.165) is 0 Å². The topological polar surface area (TPSA) is 0 Å². The number of rotatable bonds is 0. The van der Waals surface area contributed by atoms with Crippen molar-refractivity contribution in [1.82, 2.24) is 0 Å². The first-order valence-electron chi connectivity index (χ1n) is 3.48. The minimum atomic E-state index is 0. The third-order valence-electron chi connectivity index (χ3n) is 1.79. The van der Waals surface area contributed by atoms with Crippen LogP contribution < -0.4 is 0 Å². The Kier molecular flexibility index (Phi) is 7.24. The molecular weight excluding hydrogens is 323 g/mol. The molecule has 0 aliphatic rings. The quantitative estimate of drug-likeness (QED) is 0.507. The zero-order valence-electron chi connectivity index (χ0n) is 8.46. The van der Waals surface area contributed by atoms with Crippen molar-refractivity contribution in [3.05, 3.63) is 56.8 Å². The van der Waals surface area contributed by atoms with E-state index in [9.17, 15) is 0 Å². The molecule has 0 spiro atoms. The Morgan fingerprint density at radius 3 is 2.46 bits per heavy atom. The van der Waals surface area contributed by atoms with Gasteiger partial charge in [-0.05, 0) is 6.92 Å². The average Bonchev–Trinajstić information content (AvgIpc) is 2.33. The van der Waals surface area contributed by atoms with Crippen LogP contribution in [0.3, 0.4) is 0 Å². The van der Waals surface area contributed by atoms with Gasteiger partial charge in [-0.2, -0.15) is 17.5 Å².